The predicted molar refractivity (Wildman–Crippen MR) is 74.3 cm³/mol. The lowest BCUT2D eigenvalue weighted by molar-refractivity contribution is -0.274. The number of rotatable bonds is 3. The summed E-state index contributed by atoms with van der Waals surface area (Å²) in [6.45, 7) is 0. The number of methoxy groups -OCH3 is 1. The second-order valence-electron chi connectivity index (χ2n) is 4.38. The topological polar surface area (TPSA) is 61.5 Å². The van der Waals surface area contributed by atoms with E-state index in [1.54, 1.807) is 6.07 Å². The van der Waals surface area contributed by atoms with Crippen LogP contribution in [-0.2, 0) is 4.74 Å². The van der Waals surface area contributed by atoms with Crippen molar-refractivity contribution in [3.8, 4) is 16.9 Å². The third kappa shape index (κ3) is 3.69. The number of ether oxygens (including phenoxy) is 2. The van der Waals surface area contributed by atoms with Crippen molar-refractivity contribution in [3.05, 3.63) is 48.0 Å². The number of benzene rings is 2. The van der Waals surface area contributed by atoms with Crippen LogP contribution in [0.25, 0.3) is 11.1 Å². The molecule has 0 radical (unpaired) electrons. The molecule has 0 aliphatic heterocycles. The molecule has 0 spiro atoms. The molecule has 4 nitrogen and oxygen atoms in total. The van der Waals surface area contributed by atoms with E-state index in [1.807, 2.05) is 0 Å². The van der Waals surface area contributed by atoms with Crippen molar-refractivity contribution in [1.29, 1.82) is 0 Å². The van der Waals surface area contributed by atoms with Gasteiger partial charge < -0.3 is 15.2 Å². The fourth-order valence-electron chi connectivity index (χ4n) is 1.96. The molecular formula is C15H12F3NO3. The summed E-state index contributed by atoms with van der Waals surface area (Å²) in [7, 11) is 1.20. The molecule has 116 valence electrons. The van der Waals surface area contributed by atoms with Crippen molar-refractivity contribution in [3.63, 3.8) is 0 Å². The largest absolute Gasteiger partial charge is 0.573 e. The quantitative estimate of drug-likeness (QED) is 0.694. The lowest BCUT2D eigenvalue weighted by Gasteiger charge is -2.14. The van der Waals surface area contributed by atoms with Gasteiger partial charge in [-0.3, -0.25) is 0 Å². The monoisotopic (exact) mass is 311 g/mol. The molecule has 2 aromatic rings. The Hall–Kier alpha value is -2.70. The van der Waals surface area contributed by atoms with Crippen molar-refractivity contribution in [2.24, 2.45) is 0 Å². The molecule has 0 aliphatic rings. The van der Waals surface area contributed by atoms with Gasteiger partial charge in [0, 0.05) is 11.3 Å². The summed E-state index contributed by atoms with van der Waals surface area (Å²) < 4.78 is 46.0. The van der Waals surface area contributed by atoms with Gasteiger partial charge in [0.05, 0.1) is 12.7 Å². The zero-order valence-corrected chi connectivity index (χ0v) is 11.5. The Balaban J connectivity index is 2.52. The van der Waals surface area contributed by atoms with Crippen LogP contribution in [0.1, 0.15) is 10.4 Å². The van der Waals surface area contributed by atoms with E-state index < -0.39 is 12.3 Å². The number of carbonyl (C=O) groups excluding carboxylic acids is 1. The highest BCUT2D eigenvalue weighted by atomic mass is 19.4. The molecule has 2 N–H and O–H groups in total. The van der Waals surface area contributed by atoms with Gasteiger partial charge in [0.15, 0.2) is 0 Å². The van der Waals surface area contributed by atoms with Gasteiger partial charge in [-0.15, -0.1) is 13.2 Å². The molecule has 2 aromatic carbocycles. The first kappa shape index (κ1) is 15.7. The lowest BCUT2D eigenvalue weighted by Crippen LogP contribution is -2.17. The maximum absolute atomic E-state index is 12.5. The normalized spacial score (nSPS) is 11.1. The van der Waals surface area contributed by atoms with E-state index in [-0.39, 0.29) is 22.6 Å². The summed E-state index contributed by atoms with van der Waals surface area (Å²) in [5.41, 5.74) is 6.54. The number of anilines is 1. The summed E-state index contributed by atoms with van der Waals surface area (Å²) in [4.78, 5) is 11.6. The van der Waals surface area contributed by atoms with Crippen LogP contribution in [0, 0.1) is 0 Å². The third-order valence-electron chi connectivity index (χ3n) is 2.80. The smallest absolute Gasteiger partial charge is 0.465 e. The van der Waals surface area contributed by atoms with Gasteiger partial charge in [0.1, 0.15) is 5.75 Å². The van der Waals surface area contributed by atoms with Crippen molar-refractivity contribution in [2.75, 3.05) is 12.8 Å². The average molecular weight is 311 g/mol. The van der Waals surface area contributed by atoms with Crippen LogP contribution < -0.4 is 10.5 Å². The lowest BCUT2D eigenvalue weighted by atomic mass is 10.0. The molecule has 0 saturated carbocycles. The standard InChI is InChI=1S/C15H12F3NO3/c1-21-14(20)10-6-9(7-11(19)8-10)12-4-2-3-5-13(12)22-15(16,17)18/h2-8H,19H2,1H3. The number of halogens is 3. The van der Waals surface area contributed by atoms with Crippen LogP contribution in [0.15, 0.2) is 42.5 Å². The SMILES string of the molecule is COC(=O)c1cc(N)cc(-c2ccccc2OC(F)(F)F)c1. The molecule has 0 aromatic heterocycles. The number of para-hydroxylation sites is 1. The van der Waals surface area contributed by atoms with Crippen LogP contribution in [0.5, 0.6) is 5.75 Å². The molecule has 0 heterocycles. The van der Waals surface area contributed by atoms with E-state index in [1.165, 1.54) is 43.5 Å². The molecule has 22 heavy (non-hydrogen) atoms. The summed E-state index contributed by atoms with van der Waals surface area (Å²) in [6, 6.07) is 9.81. The zero-order valence-electron chi connectivity index (χ0n) is 11.5. The number of carbonyl (C=O) groups is 1. The number of hydrogen-bond donors (Lipinski definition) is 1. The van der Waals surface area contributed by atoms with E-state index in [9.17, 15) is 18.0 Å². The maximum Gasteiger partial charge on any atom is 0.573 e. The minimum atomic E-state index is -4.82. The van der Waals surface area contributed by atoms with Gasteiger partial charge >= 0.3 is 12.3 Å². The fourth-order valence-corrected chi connectivity index (χ4v) is 1.96. The first-order valence-corrected chi connectivity index (χ1v) is 6.14. The van der Waals surface area contributed by atoms with E-state index in [2.05, 4.69) is 9.47 Å². The first-order valence-electron chi connectivity index (χ1n) is 6.14. The summed E-state index contributed by atoms with van der Waals surface area (Å²) in [5.74, 6) is -1.01. The molecule has 0 amide bonds. The Labute approximate surface area is 124 Å². The zero-order chi connectivity index (χ0) is 16.3. The van der Waals surface area contributed by atoms with Crippen LogP contribution in [-0.4, -0.2) is 19.4 Å². The highest BCUT2D eigenvalue weighted by Gasteiger charge is 2.32. The number of alkyl halides is 3. The minimum absolute atomic E-state index is 0.138. The van der Waals surface area contributed by atoms with Gasteiger partial charge in [0.2, 0.25) is 0 Å². The van der Waals surface area contributed by atoms with Crippen LogP contribution in [0.4, 0.5) is 18.9 Å². The van der Waals surface area contributed by atoms with E-state index in [4.69, 9.17) is 5.73 Å². The summed E-state index contributed by atoms with van der Waals surface area (Å²) >= 11 is 0. The summed E-state index contributed by atoms with van der Waals surface area (Å²) in [5, 5.41) is 0. The second-order valence-corrected chi connectivity index (χ2v) is 4.38. The fraction of sp³-hybridized carbons (Fsp3) is 0.133. The van der Waals surface area contributed by atoms with Crippen LogP contribution in [0.2, 0.25) is 0 Å². The number of hydrogen-bond acceptors (Lipinski definition) is 4. The minimum Gasteiger partial charge on any atom is -0.465 e. The highest BCUT2D eigenvalue weighted by Crippen LogP contribution is 2.35. The van der Waals surface area contributed by atoms with Crippen molar-refractivity contribution in [2.45, 2.75) is 6.36 Å². The molecule has 0 atom stereocenters. The number of nitrogen functional groups attached to an aromatic ring is 1. The Morgan fingerprint density at radius 1 is 1.14 bits per heavy atom. The highest BCUT2D eigenvalue weighted by molar-refractivity contribution is 5.92. The molecule has 0 bridgehead atoms. The molecule has 0 unspecified atom stereocenters. The van der Waals surface area contributed by atoms with E-state index in [0.717, 1.165) is 0 Å². The van der Waals surface area contributed by atoms with Crippen molar-refractivity contribution in [1.82, 2.24) is 0 Å². The third-order valence-corrected chi connectivity index (χ3v) is 2.80. The van der Waals surface area contributed by atoms with Gasteiger partial charge in [0.25, 0.3) is 0 Å². The van der Waals surface area contributed by atoms with Gasteiger partial charge in [-0.25, -0.2) is 4.79 Å². The Morgan fingerprint density at radius 2 is 1.82 bits per heavy atom. The van der Waals surface area contributed by atoms with E-state index in [0.29, 0.717) is 5.56 Å². The van der Waals surface area contributed by atoms with Crippen molar-refractivity contribution >= 4 is 11.7 Å². The predicted octanol–water partition coefficient (Wildman–Crippen LogP) is 3.62. The first-order chi connectivity index (χ1) is 10.3. The average Bonchev–Trinajstić information content (AvgIpc) is 2.44. The Bertz CT molecular complexity index is 699. The molecule has 0 aliphatic carbocycles. The van der Waals surface area contributed by atoms with Crippen LogP contribution >= 0.6 is 0 Å². The number of esters is 1. The Kier molecular flexibility index (Phi) is 4.25. The van der Waals surface area contributed by atoms with Crippen molar-refractivity contribution < 1.29 is 27.4 Å². The van der Waals surface area contributed by atoms with E-state index >= 15 is 0 Å². The molecule has 2 rings (SSSR count). The second kappa shape index (κ2) is 5.97. The van der Waals surface area contributed by atoms with Gasteiger partial charge in [-0.05, 0) is 29.8 Å². The van der Waals surface area contributed by atoms with Gasteiger partial charge in [-0.2, -0.15) is 0 Å². The summed E-state index contributed by atoms with van der Waals surface area (Å²) in [6.07, 6.45) is -4.82. The molecule has 7 heteroatoms. The number of nitrogens with two attached hydrogens (primary N) is 1. The van der Waals surface area contributed by atoms with Crippen LogP contribution in [0.3, 0.4) is 0 Å². The molecule has 0 saturated heterocycles. The van der Waals surface area contributed by atoms with Gasteiger partial charge in [-0.1, -0.05) is 18.2 Å². The maximum atomic E-state index is 12.5. The molecule has 0 fully saturated rings. The Morgan fingerprint density at radius 3 is 2.45 bits per heavy atom. The molecular weight excluding hydrogens is 299 g/mol.